The smallest absolute Gasteiger partial charge is 0.272 e. The molecule has 6 heteroatoms. The first-order valence-corrected chi connectivity index (χ1v) is 7.60. The molecule has 20 heavy (non-hydrogen) atoms. The molecule has 1 aliphatic rings. The largest absolute Gasteiger partial charge is 0.355 e. The fourth-order valence-corrected chi connectivity index (χ4v) is 2.88. The maximum atomic E-state index is 11.9. The second kappa shape index (κ2) is 6.00. The minimum absolute atomic E-state index is 0.182. The van der Waals surface area contributed by atoms with E-state index in [1.807, 2.05) is 23.6 Å². The Morgan fingerprint density at radius 2 is 2.10 bits per heavy atom. The number of amides is 1. The molecular weight excluding hydrogens is 272 g/mol. The highest BCUT2D eigenvalue weighted by Gasteiger charge is 2.15. The molecule has 2 aromatic rings. The topological polar surface area (TPSA) is 58.1 Å². The Morgan fingerprint density at radius 1 is 1.25 bits per heavy atom. The third-order valence-corrected chi connectivity index (χ3v) is 4.19. The van der Waals surface area contributed by atoms with E-state index in [9.17, 15) is 4.79 Å². The van der Waals surface area contributed by atoms with Crippen molar-refractivity contribution in [1.82, 2.24) is 15.5 Å². The van der Waals surface area contributed by atoms with Crippen LogP contribution in [-0.4, -0.2) is 29.2 Å². The molecule has 0 bridgehead atoms. The van der Waals surface area contributed by atoms with Gasteiger partial charge in [-0.2, -0.15) is 0 Å². The molecule has 0 spiro atoms. The number of nitrogens with one attached hydrogen (secondary N) is 1. The first kappa shape index (κ1) is 13.1. The average Bonchev–Trinajstić information content (AvgIpc) is 3.18. The highest BCUT2D eigenvalue weighted by molar-refractivity contribution is 7.09. The fraction of sp³-hybridized carbons (Fsp3) is 0.357. The Morgan fingerprint density at radius 3 is 2.75 bits per heavy atom. The van der Waals surface area contributed by atoms with E-state index in [1.165, 1.54) is 12.8 Å². The molecule has 1 saturated heterocycles. The summed E-state index contributed by atoms with van der Waals surface area (Å²) in [7, 11) is 0. The van der Waals surface area contributed by atoms with Crippen molar-refractivity contribution in [3.05, 3.63) is 40.2 Å². The molecule has 1 N–H and O–H groups in total. The lowest BCUT2D eigenvalue weighted by Crippen LogP contribution is -2.25. The van der Waals surface area contributed by atoms with E-state index >= 15 is 0 Å². The second-order valence-electron chi connectivity index (χ2n) is 4.73. The van der Waals surface area contributed by atoms with Crippen LogP contribution in [0, 0.1) is 0 Å². The minimum Gasteiger partial charge on any atom is -0.355 e. The lowest BCUT2D eigenvalue weighted by Gasteiger charge is -2.15. The van der Waals surface area contributed by atoms with Gasteiger partial charge in [-0.05, 0) is 36.4 Å². The van der Waals surface area contributed by atoms with Crippen molar-refractivity contribution >= 4 is 23.1 Å². The number of hydrogen-bond acceptors (Lipinski definition) is 5. The van der Waals surface area contributed by atoms with E-state index in [0.29, 0.717) is 12.2 Å². The van der Waals surface area contributed by atoms with Crippen LogP contribution in [0.2, 0.25) is 0 Å². The summed E-state index contributed by atoms with van der Waals surface area (Å²) in [5.41, 5.74) is 0.365. The molecule has 3 heterocycles. The quantitative estimate of drug-likeness (QED) is 0.935. The van der Waals surface area contributed by atoms with Crippen LogP contribution in [0.1, 0.15) is 28.2 Å². The Balaban J connectivity index is 1.60. The normalized spacial score (nSPS) is 14.5. The molecule has 1 fully saturated rings. The highest BCUT2D eigenvalue weighted by atomic mass is 32.1. The highest BCUT2D eigenvalue weighted by Crippen LogP contribution is 2.16. The molecule has 0 aromatic carbocycles. The van der Waals surface area contributed by atoms with Gasteiger partial charge in [-0.3, -0.25) is 4.79 Å². The van der Waals surface area contributed by atoms with Gasteiger partial charge in [-0.1, -0.05) is 6.07 Å². The van der Waals surface area contributed by atoms with Crippen molar-refractivity contribution in [2.45, 2.75) is 19.4 Å². The van der Waals surface area contributed by atoms with E-state index in [-0.39, 0.29) is 5.91 Å². The maximum Gasteiger partial charge on any atom is 0.272 e. The molecule has 1 amide bonds. The van der Waals surface area contributed by atoms with Gasteiger partial charge >= 0.3 is 0 Å². The van der Waals surface area contributed by atoms with Crippen LogP contribution in [0.4, 0.5) is 5.82 Å². The van der Waals surface area contributed by atoms with Gasteiger partial charge in [0.2, 0.25) is 0 Å². The molecule has 104 valence electrons. The molecule has 0 atom stereocenters. The van der Waals surface area contributed by atoms with Gasteiger partial charge in [0.15, 0.2) is 11.5 Å². The number of nitrogens with zero attached hydrogens (tertiary/aromatic N) is 3. The standard InChI is InChI=1S/C14H16N4OS/c19-14(15-10-11-4-3-9-20-11)12-5-6-13(17-16-12)18-7-1-2-8-18/h3-6,9H,1-2,7-8,10H2,(H,15,19). The summed E-state index contributed by atoms with van der Waals surface area (Å²) < 4.78 is 0. The minimum atomic E-state index is -0.182. The van der Waals surface area contributed by atoms with Gasteiger partial charge in [0.25, 0.3) is 5.91 Å². The fourth-order valence-electron chi connectivity index (χ4n) is 2.23. The van der Waals surface area contributed by atoms with Gasteiger partial charge in [-0.15, -0.1) is 21.5 Å². The predicted molar refractivity (Wildman–Crippen MR) is 79.0 cm³/mol. The summed E-state index contributed by atoms with van der Waals surface area (Å²) in [6.45, 7) is 2.59. The summed E-state index contributed by atoms with van der Waals surface area (Å²) in [4.78, 5) is 15.3. The molecule has 1 aliphatic heterocycles. The third-order valence-electron chi connectivity index (χ3n) is 3.32. The van der Waals surface area contributed by atoms with E-state index in [0.717, 1.165) is 23.8 Å². The zero-order valence-electron chi connectivity index (χ0n) is 11.1. The van der Waals surface area contributed by atoms with Crippen LogP contribution in [0.25, 0.3) is 0 Å². The van der Waals surface area contributed by atoms with Crippen LogP contribution in [0.3, 0.4) is 0 Å². The van der Waals surface area contributed by atoms with E-state index < -0.39 is 0 Å². The number of hydrogen-bond donors (Lipinski definition) is 1. The third kappa shape index (κ3) is 2.96. The number of thiophene rings is 1. The Kier molecular flexibility index (Phi) is 3.92. The van der Waals surface area contributed by atoms with Gasteiger partial charge in [0, 0.05) is 18.0 Å². The monoisotopic (exact) mass is 288 g/mol. The molecule has 0 saturated carbocycles. The Labute approximate surface area is 121 Å². The number of aromatic nitrogens is 2. The van der Waals surface area contributed by atoms with E-state index in [2.05, 4.69) is 20.4 Å². The van der Waals surface area contributed by atoms with Crippen LogP contribution >= 0.6 is 11.3 Å². The van der Waals surface area contributed by atoms with Gasteiger partial charge < -0.3 is 10.2 Å². The summed E-state index contributed by atoms with van der Waals surface area (Å²) in [6, 6.07) is 7.58. The first-order valence-electron chi connectivity index (χ1n) is 6.72. The Hall–Kier alpha value is -1.95. The van der Waals surface area contributed by atoms with Gasteiger partial charge in [0.1, 0.15) is 0 Å². The van der Waals surface area contributed by atoms with E-state index in [1.54, 1.807) is 17.4 Å². The molecule has 0 radical (unpaired) electrons. The first-order chi connectivity index (χ1) is 9.83. The summed E-state index contributed by atoms with van der Waals surface area (Å²) in [6.07, 6.45) is 2.40. The number of anilines is 1. The number of rotatable bonds is 4. The summed E-state index contributed by atoms with van der Waals surface area (Å²) in [5.74, 6) is 0.677. The molecule has 0 aliphatic carbocycles. The second-order valence-corrected chi connectivity index (χ2v) is 5.77. The number of carbonyl (C=O) groups is 1. The van der Waals surface area contributed by atoms with Crippen molar-refractivity contribution < 1.29 is 4.79 Å². The Bertz CT molecular complexity index is 561. The van der Waals surface area contributed by atoms with Crippen molar-refractivity contribution in [1.29, 1.82) is 0 Å². The van der Waals surface area contributed by atoms with Crippen LogP contribution in [0.15, 0.2) is 29.6 Å². The van der Waals surface area contributed by atoms with Gasteiger partial charge in [-0.25, -0.2) is 0 Å². The van der Waals surface area contributed by atoms with Crippen molar-refractivity contribution in [2.75, 3.05) is 18.0 Å². The van der Waals surface area contributed by atoms with Crippen molar-refractivity contribution in [3.8, 4) is 0 Å². The van der Waals surface area contributed by atoms with Crippen molar-refractivity contribution in [2.24, 2.45) is 0 Å². The zero-order valence-corrected chi connectivity index (χ0v) is 11.9. The lowest BCUT2D eigenvalue weighted by molar-refractivity contribution is 0.0945. The molecule has 0 unspecified atom stereocenters. The SMILES string of the molecule is O=C(NCc1cccs1)c1ccc(N2CCCC2)nn1. The van der Waals surface area contributed by atoms with Crippen LogP contribution in [-0.2, 0) is 6.54 Å². The lowest BCUT2D eigenvalue weighted by atomic mass is 10.3. The maximum absolute atomic E-state index is 11.9. The average molecular weight is 288 g/mol. The molecule has 3 rings (SSSR count). The number of carbonyl (C=O) groups excluding carboxylic acids is 1. The van der Waals surface area contributed by atoms with Crippen molar-refractivity contribution in [3.63, 3.8) is 0 Å². The summed E-state index contributed by atoms with van der Waals surface area (Å²) >= 11 is 1.62. The zero-order chi connectivity index (χ0) is 13.8. The van der Waals surface area contributed by atoms with Gasteiger partial charge in [0.05, 0.1) is 6.54 Å². The summed E-state index contributed by atoms with van der Waals surface area (Å²) in [5, 5.41) is 13.0. The van der Waals surface area contributed by atoms with Crippen LogP contribution < -0.4 is 10.2 Å². The predicted octanol–water partition coefficient (Wildman–Crippen LogP) is 2.07. The van der Waals surface area contributed by atoms with E-state index in [4.69, 9.17) is 0 Å². The molecule has 5 nitrogen and oxygen atoms in total. The molecular formula is C14H16N4OS. The van der Waals surface area contributed by atoms with Crippen LogP contribution in [0.5, 0.6) is 0 Å². The molecule has 2 aromatic heterocycles.